The molecule has 0 spiro atoms. The van der Waals surface area contributed by atoms with Gasteiger partial charge in [0.05, 0.1) is 12.3 Å². The number of hydrogen-bond donors (Lipinski definition) is 0. The predicted octanol–water partition coefficient (Wildman–Crippen LogP) is 2.46. The predicted molar refractivity (Wildman–Crippen MR) is 88.1 cm³/mol. The van der Waals surface area contributed by atoms with E-state index in [2.05, 4.69) is 34.3 Å². The smallest absolute Gasteiger partial charge is 0.172 e. The standard InChI is InChI=1S/C17H22N4O2/c1-13-7-9-20(10-8-13)14-3-5-15(6-4-14)21-17(12-23-2)16(11-22)18-19-21/h3-6,11,13H,7-10,12H2,1-2H3. The molecule has 0 radical (unpaired) electrons. The number of rotatable bonds is 5. The number of ether oxygens (including phenoxy) is 1. The lowest BCUT2D eigenvalue weighted by Crippen LogP contribution is -2.32. The zero-order chi connectivity index (χ0) is 16.2. The Kier molecular flexibility index (Phi) is 4.71. The van der Waals surface area contributed by atoms with Gasteiger partial charge in [-0.2, -0.15) is 0 Å². The van der Waals surface area contributed by atoms with Crippen molar-refractivity contribution in [3.05, 3.63) is 35.7 Å². The molecule has 1 fully saturated rings. The number of benzene rings is 1. The van der Waals surface area contributed by atoms with Gasteiger partial charge in [-0.3, -0.25) is 4.79 Å². The summed E-state index contributed by atoms with van der Waals surface area (Å²) in [4.78, 5) is 13.5. The topological polar surface area (TPSA) is 60.2 Å². The minimum absolute atomic E-state index is 0.298. The van der Waals surface area contributed by atoms with Crippen LogP contribution < -0.4 is 4.90 Å². The fraction of sp³-hybridized carbons (Fsp3) is 0.471. The fourth-order valence-electron chi connectivity index (χ4n) is 2.96. The van der Waals surface area contributed by atoms with Crippen molar-refractivity contribution in [1.29, 1.82) is 0 Å². The van der Waals surface area contributed by atoms with E-state index in [4.69, 9.17) is 4.74 Å². The maximum absolute atomic E-state index is 11.1. The fourth-order valence-corrected chi connectivity index (χ4v) is 2.96. The Labute approximate surface area is 136 Å². The van der Waals surface area contributed by atoms with E-state index in [9.17, 15) is 4.79 Å². The number of methoxy groups -OCH3 is 1. The van der Waals surface area contributed by atoms with Crippen LogP contribution in [0.15, 0.2) is 24.3 Å². The van der Waals surface area contributed by atoms with Gasteiger partial charge in [0.25, 0.3) is 0 Å². The summed E-state index contributed by atoms with van der Waals surface area (Å²) in [5.74, 6) is 0.819. The third kappa shape index (κ3) is 3.27. The van der Waals surface area contributed by atoms with Gasteiger partial charge in [-0.15, -0.1) is 5.10 Å². The van der Waals surface area contributed by atoms with Crippen LogP contribution in [0.3, 0.4) is 0 Å². The van der Waals surface area contributed by atoms with Crippen molar-refractivity contribution in [1.82, 2.24) is 15.0 Å². The maximum atomic E-state index is 11.1. The molecule has 2 heterocycles. The highest BCUT2D eigenvalue weighted by atomic mass is 16.5. The average Bonchev–Trinajstić information content (AvgIpc) is 2.99. The second kappa shape index (κ2) is 6.91. The number of aromatic nitrogens is 3. The molecule has 6 nitrogen and oxygen atoms in total. The van der Waals surface area contributed by atoms with Crippen LogP contribution in [0, 0.1) is 5.92 Å². The molecule has 23 heavy (non-hydrogen) atoms. The number of carbonyl (C=O) groups excluding carboxylic acids is 1. The molecule has 1 aliphatic rings. The van der Waals surface area contributed by atoms with E-state index in [-0.39, 0.29) is 0 Å². The summed E-state index contributed by atoms with van der Waals surface area (Å²) in [7, 11) is 1.59. The number of aldehydes is 1. The highest BCUT2D eigenvalue weighted by Crippen LogP contribution is 2.24. The molecular formula is C17H22N4O2. The molecule has 1 saturated heterocycles. The highest BCUT2D eigenvalue weighted by molar-refractivity contribution is 5.73. The third-order valence-corrected chi connectivity index (χ3v) is 4.43. The van der Waals surface area contributed by atoms with Gasteiger partial charge in [0.1, 0.15) is 5.69 Å². The first-order valence-electron chi connectivity index (χ1n) is 7.97. The van der Waals surface area contributed by atoms with Crippen LogP contribution in [0.1, 0.15) is 35.9 Å². The van der Waals surface area contributed by atoms with Crippen molar-refractivity contribution in [3.8, 4) is 5.69 Å². The molecule has 6 heteroatoms. The first-order chi connectivity index (χ1) is 11.2. The Morgan fingerprint density at radius 3 is 2.48 bits per heavy atom. The van der Waals surface area contributed by atoms with Gasteiger partial charge in [0, 0.05) is 25.9 Å². The molecule has 0 atom stereocenters. The molecule has 122 valence electrons. The molecule has 0 N–H and O–H groups in total. The molecule has 0 amide bonds. The van der Waals surface area contributed by atoms with Crippen LogP contribution in [0.5, 0.6) is 0 Å². The van der Waals surface area contributed by atoms with E-state index in [1.54, 1.807) is 11.8 Å². The minimum atomic E-state index is 0.298. The average molecular weight is 314 g/mol. The third-order valence-electron chi connectivity index (χ3n) is 4.43. The zero-order valence-electron chi connectivity index (χ0n) is 13.6. The normalized spacial score (nSPS) is 15.8. The van der Waals surface area contributed by atoms with Crippen LogP contribution in [-0.2, 0) is 11.3 Å². The molecule has 1 aromatic heterocycles. The highest BCUT2D eigenvalue weighted by Gasteiger charge is 2.17. The molecular weight excluding hydrogens is 292 g/mol. The summed E-state index contributed by atoms with van der Waals surface area (Å²) >= 11 is 0. The Morgan fingerprint density at radius 2 is 1.87 bits per heavy atom. The van der Waals surface area contributed by atoms with Gasteiger partial charge >= 0.3 is 0 Å². The minimum Gasteiger partial charge on any atom is -0.378 e. The van der Waals surface area contributed by atoms with E-state index >= 15 is 0 Å². The van der Waals surface area contributed by atoms with E-state index in [1.165, 1.54) is 18.5 Å². The summed E-state index contributed by atoms with van der Waals surface area (Å²) < 4.78 is 6.81. The van der Waals surface area contributed by atoms with E-state index in [0.29, 0.717) is 24.3 Å². The zero-order valence-corrected chi connectivity index (χ0v) is 13.6. The summed E-state index contributed by atoms with van der Waals surface area (Å²) in [5.41, 5.74) is 3.10. The Hall–Kier alpha value is -2.21. The van der Waals surface area contributed by atoms with Crippen molar-refractivity contribution in [2.45, 2.75) is 26.4 Å². The van der Waals surface area contributed by atoms with Crippen LogP contribution in [0.25, 0.3) is 5.69 Å². The molecule has 3 rings (SSSR count). The van der Waals surface area contributed by atoms with Crippen molar-refractivity contribution >= 4 is 12.0 Å². The molecule has 1 aliphatic heterocycles. The maximum Gasteiger partial charge on any atom is 0.172 e. The molecule has 0 saturated carbocycles. The van der Waals surface area contributed by atoms with Crippen molar-refractivity contribution < 1.29 is 9.53 Å². The van der Waals surface area contributed by atoms with Gasteiger partial charge in [-0.1, -0.05) is 12.1 Å². The first-order valence-corrected chi connectivity index (χ1v) is 7.97. The monoisotopic (exact) mass is 314 g/mol. The Balaban J connectivity index is 1.82. The SMILES string of the molecule is COCc1c(C=O)nnn1-c1ccc(N2CCC(C)CC2)cc1. The Morgan fingerprint density at radius 1 is 1.22 bits per heavy atom. The quantitative estimate of drug-likeness (QED) is 0.793. The molecule has 0 bridgehead atoms. The van der Waals surface area contributed by atoms with Crippen molar-refractivity contribution in [2.75, 3.05) is 25.1 Å². The van der Waals surface area contributed by atoms with Gasteiger partial charge in [-0.05, 0) is 43.0 Å². The van der Waals surface area contributed by atoms with Gasteiger partial charge in [-0.25, -0.2) is 4.68 Å². The van der Waals surface area contributed by atoms with E-state index in [1.807, 2.05) is 12.1 Å². The second-order valence-electron chi connectivity index (χ2n) is 6.07. The second-order valence-corrected chi connectivity index (χ2v) is 6.07. The number of hydrogen-bond acceptors (Lipinski definition) is 5. The molecule has 0 aliphatic carbocycles. The lowest BCUT2D eigenvalue weighted by Gasteiger charge is -2.32. The number of nitrogens with zero attached hydrogens (tertiary/aromatic N) is 4. The summed E-state index contributed by atoms with van der Waals surface area (Å²) in [6.07, 6.45) is 3.19. The van der Waals surface area contributed by atoms with Crippen LogP contribution in [0.4, 0.5) is 5.69 Å². The molecule has 2 aromatic rings. The molecule has 1 aromatic carbocycles. The molecule has 0 unspecified atom stereocenters. The van der Waals surface area contributed by atoms with Crippen molar-refractivity contribution in [3.63, 3.8) is 0 Å². The largest absolute Gasteiger partial charge is 0.378 e. The number of carbonyl (C=O) groups is 1. The lowest BCUT2D eigenvalue weighted by atomic mass is 9.99. The summed E-state index contributed by atoms with van der Waals surface area (Å²) in [6.45, 7) is 4.82. The Bertz CT molecular complexity index is 658. The van der Waals surface area contributed by atoms with Crippen LogP contribution in [-0.4, -0.2) is 41.5 Å². The first kappa shape index (κ1) is 15.7. The van der Waals surface area contributed by atoms with E-state index < -0.39 is 0 Å². The van der Waals surface area contributed by atoms with Crippen LogP contribution in [0.2, 0.25) is 0 Å². The van der Waals surface area contributed by atoms with Crippen molar-refractivity contribution in [2.24, 2.45) is 5.92 Å². The summed E-state index contributed by atoms with van der Waals surface area (Å²) in [6, 6.07) is 8.22. The van der Waals surface area contributed by atoms with Gasteiger partial charge in [0.15, 0.2) is 12.0 Å². The number of piperidine rings is 1. The van der Waals surface area contributed by atoms with E-state index in [0.717, 1.165) is 24.7 Å². The van der Waals surface area contributed by atoms with Gasteiger partial charge in [0.2, 0.25) is 0 Å². The van der Waals surface area contributed by atoms with Crippen LogP contribution >= 0.6 is 0 Å². The van der Waals surface area contributed by atoms with Gasteiger partial charge < -0.3 is 9.64 Å². The summed E-state index contributed by atoms with van der Waals surface area (Å²) in [5, 5.41) is 7.97. The number of anilines is 1. The lowest BCUT2D eigenvalue weighted by molar-refractivity contribution is 0.111.